The van der Waals surface area contributed by atoms with Gasteiger partial charge in [-0.3, -0.25) is 4.79 Å². The van der Waals surface area contributed by atoms with Gasteiger partial charge in [-0.1, -0.05) is 26.0 Å². The van der Waals surface area contributed by atoms with Gasteiger partial charge in [0.05, 0.1) is 0 Å². The molecule has 0 spiro atoms. The Morgan fingerprint density at radius 1 is 1.00 bits per heavy atom. The molecule has 0 aliphatic carbocycles. The second-order valence-corrected chi connectivity index (χ2v) is 3.33. The molecule has 104 valence electrons. The SMILES string of the molecule is CC.CNC(=O)c1ccc2cc(O)ccc2c1.CO. The number of fused-ring (bicyclic) bond motifs is 1. The third kappa shape index (κ3) is 4.60. The van der Waals surface area contributed by atoms with Crippen molar-refractivity contribution in [1.29, 1.82) is 0 Å². The summed E-state index contributed by atoms with van der Waals surface area (Å²) in [6, 6.07) is 10.4. The van der Waals surface area contributed by atoms with E-state index in [-0.39, 0.29) is 11.7 Å². The number of rotatable bonds is 1. The number of hydrogen-bond donors (Lipinski definition) is 3. The Hall–Kier alpha value is -2.07. The molecule has 0 saturated heterocycles. The summed E-state index contributed by atoms with van der Waals surface area (Å²) < 4.78 is 0. The van der Waals surface area contributed by atoms with Gasteiger partial charge in [0.2, 0.25) is 0 Å². The molecule has 0 unspecified atom stereocenters. The van der Waals surface area contributed by atoms with Crippen molar-refractivity contribution in [2.75, 3.05) is 14.2 Å². The van der Waals surface area contributed by atoms with Crippen LogP contribution in [0.15, 0.2) is 36.4 Å². The summed E-state index contributed by atoms with van der Waals surface area (Å²) in [4.78, 5) is 11.4. The first kappa shape index (κ1) is 16.9. The average molecular weight is 263 g/mol. The molecule has 4 heteroatoms. The van der Waals surface area contributed by atoms with Gasteiger partial charge in [0.1, 0.15) is 5.75 Å². The van der Waals surface area contributed by atoms with Crippen molar-refractivity contribution in [2.24, 2.45) is 0 Å². The van der Waals surface area contributed by atoms with Crippen molar-refractivity contribution in [3.8, 4) is 5.75 Å². The van der Waals surface area contributed by atoms with Crippen molar-refractivity contribution in [3.63, 3.8) is 0 Å². The van der Waals surface area contributed by atoms with Gasteiger partial charge < -0.3 is 15.5 Å². The van der Waals surface area contributed by atoms with E-state index in [1.165, 1.54) is 0 Å². The first-order valence-electron chi connectivity index (χ1n) is 6.10. The lowest BCUT2D eigenvalue weighted by Gasteiger charge is -2.02. The zero-order chi connectivity index (χ0) is 14.8. The highest BCUT2D eigenvalue weighted by Crippen LogP contribution is 2.20. The van der Waals surface area contributed by atoms with Crippen LogP contribution < -0.4 is 5.32 Å². The van der Waals surface area contributed by atoms with E-state index in [0.717, 1.165) is 17.9 Å². The minimum Gasteiger partial charge on any atom is -0.508 e. The third-order valence-electron chi connectivity index (χ3n) is 2.31. The Labute approximate surface area is 113 Å². The molecule has 2 rings (SSSR count). The van der Waals surface area contributed by atoms with E-state index in [4.69, 9.17) is 5.11 Å². The molecule has 2 aromatic carbocycles. The van der Waals surface area contributed by atoms with Gasteiger partial charge in [0.15, 0.2) is 0 Å². The van der Waals surface area contributed by atoms with Gasteiger partial charge in [0, 0.05) is 19.7 Å². The van der Waals surface area contributed by atoms with Crippen LogP contribution in [0, 0.1) is 0 Å². The largest absolute Gasteiger partial charge is 0.508 e. The van der Waals surface area contributed by atoms with Gasteiger partial charge in [0.25, 0.3) is 5.91 Å². The number of carbonyl (C=O) groups excluding carboxylic acids is 1. The van der Waals surface area contributed by atoms with Crippen LogP contribution in [0.4, 0.5) is 0 Å². The van der Waals surface area contributed by atoms with E-state index in [1.54, 1.807) is 37.4 Å². The first-order chi connectivity index (χ1) is 9.20. The Morgan fingerprint density at radius 3 is 2.11 bits per heavy atom. The number of nitrogens with one attached hydrogen (secondary N) is 1. The van der Waals surface area contributed by atoms with E-state index in [9.17, 15) is 9.90 Å². The summed E-state index contributed by atoms with van der Waals surface area (Å²) in [7, 11) is 2.60. The predicted octanol–water partition coefficient (Wildman–Crippen LogP) is 2.54. The Morgan fingerprint density at radius 2 is 1.53 bits per heavy atom. The normalized spacial score (nSPS) is 8.68. The second-order valence-electron chi connectivity index (χ2n) is 3.33. The van der Waals surface area contributed by atoms with E-state index in [1.807, 2.05) is 19.9 Å². The first-order valence-corrected chi connectivity index (χ1v) is 6.10. The number of hydrogen-bond acceptors (Lipinski definition) is 3. The number of amides is 1. The zero-order valence-corrected chi connectivity index (χ0v) is 11.8. The fourth-order valence-corrected chi connectivity index (χ4v) is 1.52. The number of aliphatic hydroxyl groups is 1. The fourth-order valence-electron chi connectivity index (χ4n) is 1.52. The number of phenols is 1. The molecule has 0 aliphatic heterocycles. The number of phenolic OH excluding ortho intramolecular Hbond substituents is 1. The molecule has 1 amide bonds. The molecule has 0 radical (unpaired) electrons. The summed E-state index contributed by atoms with van der Waals surface area (Å²) >= 11 is 0. The second kappa shape index (κ2) is 8.94. The lowest BCUT2D eigenvalue weighted by atomic mass is 10.1. The molecule has 0 atom stereocenters. The molecular formula is C15H21NO3. The van der Waals surface area contributed by atoms with Gasteiger partial charge >= 0.3 is 0 Å². The fraction of sp³-hybridized carbons (Fsp3) is 0.267. The molecule has 0 aromatic heterocycles. The van der Waals surface area contributed by atoms with Crippen molar-refractivity contribution in [1.82, 2.24) is 5.32 Å². The molecule has 0 aliphatic rings. The molecule has 0 bridgehead atoms. The number of carbonyl (C=O) groups is 1. The van der Waals surface area contributed by atoms with Crippen molar-refractivity contribution in [3.05, 3.63) is 42.0 Å². The summed E-state index contributed by atoms with van der Waals surface area (Å²) in [6.45, 7) is 4.00. The van der Waals surface area contributed by atoms with Gasteiger partial charge in [-0.15, -0.1) is 0 Å². The van der Waals surface area contributed by atoms with Crippen LogP contribution >= 0.6 is 0 Å². The predicted molar refractivity (Wildman–Crippen MR) is 78.5 cm³/mol. The van der Waals surface area contributed by atoms with E-state index >= 15 is 0 Å². The molecule has 0 fully saturated rings. The molecule has 19 heavy (non-hydrogen) atoms. The summed E-state index contributed by atoms with van der Waals surface area (Å²) in [5.41, 5.74) is 0.621. The van der Waals surface area contributed by atoms with Crippen LogP contribution in [0.5, 0.6) is 5.75 Å². The Bertz CT molecular complexity index is 524. The minimum absolute atomic E-state index is 0.107. The molecule has 4 nitrogen and oxygen atoms in total. The van der Waals surface area contributed by atoms with Crippen LogP contribution in [0.3, 0.4) is 0 Å². The highest BCUT2D eigenvalue weighted by atomic mass is 16.3. The summed E-state index contributed by atoms with van der Waals surface area (Å²) in [5.74, 6) is 0.125. The summed E-state index contributed by atoms with van der Waals surface area (Å²) in [6.07, 6.45) is 0. The topological polar surface area (TPSA) is 69.6 Å². The minimum atomic E-state index is -0.107. The number of aliphatic hydroxyl groups excluding tert-OH is 1. The van der Waals surface area contributed by atoms with Crippen LogP contribution in [0.2, 0.25) is 0 Å². The smallest absolute Gasteiger partial charge is 0.251 e. The lowest BCUT2D eigenvalue weighted by molar-refractivity contribution is 0.0963. The lowest BCUT2D eigenvalue weighted by Crippen LogP contribution is -2.17. The zero-order valence-electron chi connectivity index (χ0n) is 11.8. The average Bonchev–Trinajstić information content (AvgIpc) is 2.50. The third-order valence-corrected chi connectivity index (χ3v) is 2.31. The molecule has 3 N–H and O–H groups in total. The van der Waals surface area contributed by atoms with Crippen molar-refractivity contribution in [2.45, 2.75) is 13.8 Å². The van der Waals surface area contributed by atoms with Crippen molar-refractivity contribution >= 4 is 16.7 Å². The standard InChI is InChI=1S/C12H11NO2.C2H6.CH4O/c1-13-12(15)10-3-2-9-7-11(14)5-4-8(9)6-10;2*1-2/h2-7,14H,1H3,(H,13,15);1-2H3;2H,1H3. The molecule has 2 aromatic rings. The van der Waals surface area contributed by atoms with Crippen LogP contribution in [0.1, 0.15) is 24.2 Å². The van der Waals surface area contributed by atoms with E-state index < -0.39 is 0 Å². The quantitative estimate of drug-likeness (QED) is 0.740. The number of benzene rings is 2. The molecule has 0 saturated carbocycles. The highest BCUT2D eigenvalue weighted by Gasteiger charge is 2.03. The Balaban J connectivity index is 0.000000741. The maximum Gasteiger partial charge on any atom is 0.251 e. The van der Waals surface area contributed by atoms with E-state index in [0.29, 0.717) is 5.56 Å². The molecular weight excluding hydrogens is 242 g/mol. The van der Waals surface area contributed by atoms with Crippen LogP contribution in [-0.4, -0.2) is 30.3 Å². The summed E-state index contributed by atoms with van der Waals surface area (Å²) in [5, 5.41) is 20.7. The van der Waals surface area contributed by atoms with Gasteiger partial charge in [-0.2, -0.15) is 0 Å². The Kier molecular flexibility index (Phi) is 7.97. The number of aromatic hydroxyl groups is 1. The van der Waals surface area contributed by atoms with Crippen LogP contribution in [0.25, 0.3) is 10.8 Å². The van der Waals surface area contributed by atoms with Crippen LogP contribution in [-0.2, 0) is 0 Å². The maximum atomic E-state index is 11.4. The monoisotopic (exact) mass is 263 g/mol. The maximum absolute atomic E-state index is 11.4. The van der Waals surface area contributed by atoms with Gasteiger partial charge in [-0.05, 0) is 35.0 Å². The van der Waals surface area contributed by atoms with Crippen molar-refractivity contribution < 1.29 is 15.0 Å². The van der Waals surface area contributed by atoms with Gasteiger partial charge in [-0.25, -0.2) is 0 Å². The molecule has 0 heterocycles. The highest BCUT2D eigenvalue weighted by molar-refractivity contribution is 5.98. The van der Waals surface area contributed by atoms with E-state index in [2.05, 4.69) is 5.32 Å².